The highest BCUT2D eigenvalue weighted by atomic mass is 32.1. The van der Waals surface area contributed by atoms with Gasteiger partial charge in [0.15, 0.2) is 0 Å². The third-order valence-electron chi connectivity index (χ3n) is 3.26. The molecule has 0 amide bonds. The molecule has 3 rings (SSSR count). The highest BCUT2D eigenvalue weighted by molar-refractivity contribution is 7.80. The number of nitriles is 1. The lowest BCUT2D eigenvalue weighted by Crippen LogP contribution is -2.35. The van der Waals surface area contributed by atoms with Crippen molar-refractivity contribution in [3.8, 4) is 6.07 Å². The minimum atomic E-state index is 0.599. The number of nitrogens with one attached hydrogen (secondary N) is 3. The largest absolute Gasteiger partial charge is 0.365 e. The zero-order valence-electron chi connectivity index (χ0n) is 9.34. The van der Waals surface area contributed by atoms with E-state index in [0.717, 1.165) is 53.7 Å². The molecule has 0 saturated heterocycles. The number of nitrogens with zero attached hydrogens (tertiary/aromatic N) is 2. The van der Waals surface area contributed by atoms with Crippen molar-refractivity contribution in [2.45, 2.75) is 13.0 Å². The van der Waals surface area contributed by atoms with E-state index in [9.17, 15) is 5.26 Å². The van der Waals surface area contributed by atoms with Gasteiger partial charge in [0.1, 0.15) is 16.8 Å². The maximum atomic E-state index is 9.33. The summed E-state index contributed by atoms with van der Waals surface area (Å²) in [6.07, 6.45) is 0.875. The fraction of sp³-hybridized carbons (Fsp3) is 0.455. The molecular weight excluding hydrogens is 234 g/mol. The highest BCUT2D eigenvalue weighted by Crippen LogP contribution is 2.30. The second-order valence-corrected chi connectivity index (χ2v) is 4.58. The molecule has 0 unspecified atom stereocenters. The Kier molecular flexibility index (Phi) is 2.50. The molecule has 0 atom stereocenters. The van der Waals surface area contributed by atoms with E-state index in [1.807, 2.05) is 0 Å². The van der Waals surface area contributed by atoms with E-state index in [1.165, 1.54) is 0 Å². The van der Waals surface area contributed by atoms with Crippen molar-refractivity contribution < 1.29 is 0 Å². The summed E-state index contributed by atoms with van der Waals surface area (Å²) < 4.78 is 2.18. The zero-order valence-corrected chi connectivity index (χ0v) is 10.2. The van der Waals surface area contributed by atoms with Crippen LogP contribution < -0.4 is 16.0 Å². The second-order valence-electron chi connectivity index (χ2n) is 4.17. The quantitative estimate of drug-likeness (QED) is 0.570. The minimum Gasteiger partial charge on any atom is -0.365 e. The molecule has 0 aliphatic carbocycles. The molecule has 1 aromatic rings. The first-order chi connectivity index (χ1) is 8.33. The molecule has 0 aromatic carbocycles. The second kappa shape index (κ2) is 4.02. The lowest BCUT2D eigenvalue weighted by atomic mass is 10.1. The number of anilines is 1. The lowest BCUT2D eigenvalue weighted by Gasteiger charge is -2.20. The van der Waals surface area contributed by atoms with Crippen molar-refractivity contribution in [3.63, 3.8) is 0 Å². The van der Waals surface area contributed by atoms with Gasteiger partial charge in [0.2, 0.25) is 0 Å². The van der Waals surface area contributed by atoms with E-state index >= 15 is 0 Å². The average molecular weight is 247 g/mol. The summed E-state index contributed by atoms with van der Waals surface area (Å²) >= 11 is 5.35. The molecule has 2 aliphatic rings. The third-order valence-corrected chi connectivity index (χ3v) is 3.60. The summed E-state index contributed by atoms with van der Waals surface area (Å²) in [5.74, 6) is 0. The summed E-state index contributed by atoms with van der Waals surface area (Å²) in [4.78, 5) is 0.739. The summed E-state index contributed by atoms with van der Waals surface area (Å²) in [6.45, 7) is 3.30. The van der Waals surface area contributed by atoms with Crippen molar-refractivity contribution in [1.29, 1.82) is 5.26 Å². The molecule has 88 valence electrons. The van der Waals surface area contributed by atoms with Gasteiger partial charge >= 0.3 is 0 Å². The minimum absolute atomic E-state index is 0.599. The van der Waals surface area contributed by atoms with Crippen molar-refractivity contribution in [1.82, 2.24) is 15.2 Å². The molecular formula is C11H13N5S. The van der Waals surface area contributed by atoms with Gasteiger partial charge in [-0.05, 0) is 0 Å². The summed E-state index contributed by atoms with van der Waals surface area (Å²) in [7, 11) is 0. The Balaban J connectivity index is 2.24. The highest BCUT2D eigenvalue weighted by Gasteiger charge is 2.27. The standard InChI is InChI=1S/C11H13N5S/c12-5-7-8-1-2-13-3-4-16(8)10-9(7)14-6-15-11(10)17/h13-14H,1-4,6H2,(H,15,17). The molecule has 3 heterocycles. The predicted molar refractivity (Wildman–Crippen MR) is 69.0 cm³/mol. The Labute approximate surface area is 105 Å². The van der Waals surface area contributed by atoms with Crippen molar-refractivity contribution in [2.24, 2.45) is 0 Å². The molecule has 0 fully saturated rings. The number of aromatic nitrogens is 1. The molecule has 0 spiro atoms. The van der Waals surface area contributed by atoms with Gasteiger partial charge in [0.05, 0.1) is 17.9 Å². The first kappa shape index (κ1) is 10.6. The van der Waals surface area contributed by atoms with E-state index in [4.69, 9.17) is 12.2 Å². The Morgan fingerprint density at radius 2 is 2.18 bits per heavy atom. The first-order valence-corrected chi connectivity index (χ1v) is 6.12. The number of thiocarbonyl (C=S) groups is 1. The molecule has 17 heavy (non-hydrogen) atoms. The number of fused-ring (bicyclic) bond motifs is 3. The fourth-order valence-electron chi connectivity index (χ4n) is 2.52. The van der Waals surface area contributed by atoms with Crippen LogP contribution in [0, 0.1) is 11.3 Å². The average Bonchev–Trinajstić information content (AvgIpc) is 2.49. The van der Waals surface area contributed by atoms with Gasteiger partial charge in [0.25, 0.3) is 0 Å². The van der Waals surface area contributed by atoms with Crippen LogP contribution in [0.25, 0.3) is 0 Å². The van der Waals surface area contributed by atoms with Crippen LogP contribution in [0.1, 0.15) is 17.0 Å². The Morgan fingerprint density at radius 3 is 3.00 bits per heavy atom. The van der Waals surface area contributed by atoms with Crippen LogP contribution in [-0.4, -0.2) is 29.3 Å². The molecule has 1 aromatic heterocycles. The normalized spacial score (nSPS) is 18.2. The van der Waals surface area contributed by atoms with Gasteiger partial charge in [-0.2, -0.15) is 5.26 Å². The van der Waals surface area contributed by atoms with Gasteiger partial charge in [-0.15, -0.1) is 0 Å². The molecule has 0 bridgehead atoms. The smallest absolute Gasteiger partial charge is 0.126 e. The van der Waals surface area contributed by atoms with Gasteiger partial charge in [-0.25, -0.2) is 0 Å². The number of rotatable bonds is 0. The van der Waals surface area contributed by atoms with Crippen LogP contribution in [0.2, 0.25) is 0 Å². The van der Waals surface area contributed by atoms with Crippen molar-refractivity contribution in [3.05, 3.63) is 17.0 Å². The van der Waals surface area contributed by atoms with Crippen molar-refractivity contribution >= 4 is 22.9 Å². The summed E-state index contributed by atoms with van der Waals surface area (Å²) in [6, 6.07) is 2.31. The maximum absolute atomic E-state index is 9.33. The molecule has 0 saturated carbocycles. The van der Waals surface area contributed by atoms with E-state index < -0.39 is 0 Å². The lowest BCUT2D eigenvalue weighted by molar-refractivity contribution is 0.642. The van der Waals surface area contributed by atoms with Crippen LogP contribution in [0.15, 0.2) is 0 Å². The maximum Gasteiger partial charge on any atom is 0.126 e. The van der Waals surface area contributed by atoms with Gasteiger partial charge in [-0.1, -0.05) is 12.2 Å². The van der Waals surface area contributed by atoms with Crippen LogP contribution >= 0.6 is 12.2 Å². The molecule has 5 nitrogen and oxygen atoms in total. The van der Waals surface area contributed by atoms with E-state index in [1.54, 1.807) is 0 Å². The van der Waals surface area contributed by atoms with Crippen LogP contribution in [-0.2, 0) is 13.0 Å². The van der Waals surface area contributed by atoms with Crippen molar-refractivity contribution in [2.75, 3.05) is 25.1 Å². The van der Waals surface area contributed by atoms with Gasteiger partial charge in [0, 0.05) is 31.7 Å². The molecule has 2 aliphatic heterocycles. The van der Waals surface area contributed by atoms with E-state index in [0.29, 0.717) is 6.67 Å². The SMILES string of the molecule is N#Cc1c2c(n3c1CCNCC3)C(=S)NCN2. The monoisotopic (exact) mass is 247 g/mol. The summed E-state index contributed by atoms with van der Waals surface area (Å²) in [5.41, 5.74) is 3.74. The Bertz CT molecular complexity index is 525. The molecule has 3 N–H and O–H groups in total. The van der Waals surface area contributed by atoms with E-state index in [2.05, 4.69) is 26.6 Å². The fourth-order valence-corrected chi connectivity index (χ4v) is 2.81. The third kappa shape index (κ3) is 1.51. The van der Waals surface area contributed by atoms with Gasteiger partial charge < -0.3 is 20.5 Å². The van der Waals surface area contributed by atoms with Crippen LogP contribution in [0.5, 0.6) is 0 Å². The Hall–Kier alpha value is -1.58. The zero-order chi connectivity index (χ0) is 11.8. The predicted octanol–water partition coefficient (Wildman–Crippen LogP) is 0.154. The van der Waals surface area contributed by atoms with E-state index in [-0.39, 0.29) is 0 Å². The van der Waals surface area contributed by atoms with Gasteiger partial charge in [-0.3, -0.25) is 0 Å². The number of hydrogen-bond donors (Lipinski definition) is 3. The summed E-state index contributed by atoms with van der Waals surface area (Å²) in [5, 5.41) is 19.0. The topological polar surface area (TPSA) is 64.8 Å². The number of hydrogen-bond acceptors (Lipinski definition) is 4. The molecule has 0 radical (unpaired) electrons. The Morgan fingerprint density at radius 1 is 1.29 bits per heavy atom. The van der Waals surface area contributed by atoms with Crippen LogP contribution in [0.3, 0.4) is 0 Å². The van der Waals surface area contributed by atoms with Crippen LogP contribution in [0.4, 0.5) is 5.69 Å². The molecule has 6 heteroatoms. The first-order valence-electron chi connectivity index (χ1n) is 5.71.